The number of thiazole rings is 1. The van der Waals surface area contributed by atoms with Gasteiger partial charge in [-0.3, -0.25) is 0 Å². The highest BCUT2D eigenvalue weighted by molar-refractivity contribution is 7.07. The first-order chi connectivity index (χ1) is 7.27. The summed E-state index contributed by atoms with van der Waals surface area (Å²) < 4.78 is 0. The average Bonchev–Trinajstić information content (AvgIpc) is 2.88. The van der Waals surface area contributed by atoms with Crippen LogP contribution in [0.3, 0.4) is 0 Å². The van der Waals surface area contributed by atoms with Gasteiger partial charge < -0.3 is 9.80 Å². The zero-order valence-electron chi connectivity index (χ0n) is 8.85. The van der Waals surface area contributed by atoms with Crippen LogP contribution >= 0.6 is 11.3 Å². The highest BCUT2D eigenvalue weighted by atomic mass is 32.1. The number of urea groups is 1. The molecule has 0 N–H and O–H groups in total. The summed E-state index contributed by atoms with van der Waals surface area (Å²) in [7, 11) is 1.83. The summed E-state index contributed by atoms with van der Waals surface area (Å²) in [6, 6.07) is 0.125. The Morgan fingerprint density at radius 2 is 2.33 bits per heavy atom. The summed E-state index contributed by atoms with van der Waals surface area (Å²) in [4.78, 5) is 19.7. The van der Waals surface area contributed by atoms with Gasteiger partial charge in [-0.2, -0.15) is 0 Å². The molecular weight excluding hydrogens is 210 g/mol. The lowest BCUT2D eigenvalue weighted by Gasteiger charge is -2.23. The lowest BCUT2D eigenvalue weighted by Crippen LogP contribution is -2.38. The first kappa shape index (κ1) is 10.4. The van der Waals surface area contributed by atoms with Crippen LogP contribution in [0.15, 0.2) is 10.9 Å². The molecule has 2 amide bonds. The molecule has 1 aliphatic rings. The number of amides is 2. The summed E-state index contributed by atoms with van der Waals surface area (Å²) >= 11 is 1.56. The van der Waals surface area contributed by atoms with E-state index < -0.39 is 0 Å². The molecule has 0 aliphatic carbocycles. The smallest absolute Gasteiger partial charge is 0.320 e. The van der Waals surface area contributed by atoms with Crippen LogP contribution in [-0.2, 0) is 6.54 Å². The molecule has 4 nitrogen and oxygen atoms in total. The monoisotopic (exact) mass is 225 g/mol. The standard InChI is InChI=1S/C10H15N3OS/c1-12(6-9-7-15-8-11-9)10(14)13-4-2-3-5-13/h7-8H,2-6H2,1H3. The van der Waals surface area contributed by atoms with Crippen molar-refractivity contribution in [1.82, 2.24) is 14.8 Å². The Morgan fingerprint density at radius 1 is 1.60 bits per heavy atom. The number of aromatic nitrogens is 1. The Bertz CT molecular complexity index is 319. The second kappa shape index (κ2) is 4.61. The Hall–Kier alpha value is -1.10. The van der Waals surface area contributed by atoms with Gasteiger partial charge in [0.15, 0.2) is 0 Å². The Balaban J connectivity index is 1.89. The van der Waals surface area contributed by atoms with Gasteiger partial charge in [-0.25, -0.2) is 9.78 Å². The van der Waals surface area contributed by atoms with Crippen LogP contribution in [0, 0.1) is 0 Å². The molecule has 2 rings (SSSR count). The van der Waals surface area contributed by atoms with Crippen LogP contribution in [0.4, 0.5) is 4.79 Å². The molecular formula is C10H15N3OS. The topological polar surface area (TPSA) is 36.4 Å². The summed E-state index contributed by atoms with van der Waals surface area (Å²) in [5.74, 6) is 0. The van der Waals surface area contributed by atoms with Gasteiger partial charge in [-0.05, 0) is 12.8 Å². The van der Waals surface area contributed by atoms with Crippen LogP contribution in [0.2, 0.25) is 0 Å². The number of likely N-dealkylation sites (tertiary alicyclic amines) is 1. The molecule has 0 radical (unpaired) electrons. The molecule has 82 valence electrons. The third-order valence-corrected chi connectivity index (χ3v) is 3.22. The lowest BCUT2D eigenvalue weighted by atomic mass is 10.4. The van der Waals surface area contributed by atoms with Gasteiger partial charge in [0.1, 0.15) is 0 Å². The molecule has 0 atom stereocenters. The number of carbonyl (C=O) groups excluding carboxylic acids is 1. The van der Waals surface area contributed by atoms with E-state index in [0.717, 1.165) is 31.6 Å². The zero-order valence-corrected chi connectivity index (χ0v) is 9.66. The third-order valence-electron chi connectivity index (χ3n) is 2.59. The maximum absolute atomic E-state index is 11.9. The van der Waals surface area contributed by atoms with Crippen molar-refractivity contribution in [2.45, 2.75) is 19.4 Å². The van der Waals surface area contributed by atoms with Crippen molar-refractivity contribution in [3.05, 3.63) is 16.6 Å². The lowest BCUT2D eigenvalue weighted by molar-refractivity contribution is 0.170. The number of nitrogens with zero attached hydrogens (tertiary/aromatic N) is 3. The molecule has 5 heteroatoms. The molecule has 1 aromatic heterocycles. The van der Waals surface area contributed by atoms with Crippen molar-refractivity contribution in [1.29, 1.82) is 0 Å². The number of hydrogen-bond acceptors (Lipinski definition) is 3. The maximum Gasteiger partial charge on any atom is 0.320 e. The molecule has 0 saturated carbocycles. The number of carbonyl (C=O) groups is 1. The first-order valence-electron chi connectivity index (χ1n) is 5.14. The molecule has 0 unspecified atom stereocenters. The normalized spacial score (nSPS) is 15.7. The minimum absolute atomic E-state index is 0.125. The average molecular weight is 225 g/mol. The Morgan fingerprint density at radius 3 is 2.93 bits per heavy atom. The molecule has 15 heavy (non-hydrogen) atoms. The Labute approximate surface area is 93.5 Å². The second-order valence-electron chi connectivity index (χ2n) is 3.81. The molecule has 0 spiro atoms. The van der Waals surface area contributed by atoms with Crippen molar-refractivity contribution in [2.75, 3.05) is 20.1 Å². The molecule has 1 aromatic rings. The van der Waals surface area contributed by atoms with E-state index in [1.54, 1.807) is 21.7 Å². The van der Waals surface area contributed by atoms with Crippen LogP contribution in [-0.4, -0.2) is 41.0 Å². The summed E-state index contributed by atoms with van der Waals surface area (Å²) in [5.41, 5.74) is 2.76. The Kier molecular flexibility index (Phi) is 3.20. The molecule has 1 fully saturated rings. The summed E-state index contributed by atoms with van der Waals surface area (Å²) in [6.07, 6.45) is 2.27. The summed E-state index contributed by atoms with van der Waals surface area (Å²) in [6.45, 7) is 2.42. The molecule has 0 bridgehead atoms. The van der Waals surface area contributed by atoms with Crippen LogP contribution in [0.25, 0.3) is 0 Å². The molecule has 0 aromatic carbocycles. The minimum Gasteiger partial charge on any atom is -0.325 e. The van der Waals surface area contributed by atoms with Crippen LogP contribution in [0.1, 0.15) is 18.5 Å². The van der Waals surface area contributed by atoms with Gasteiger partial charge in [0.05, 0.1) is 17.7 Å². The van der Waals surface area contributed by atoms with Crippen molar-refractivity contribution >= 4 is 17.4 Å². The largest absolute Gasteiger partial charge is 0.325 e. The van der Waals surface area contributed by atoms with Crippen molar-refractivity contribution < 1.29 is 4.79 Å². The molecule has 2 heterocycles. The maximum atomic E-state index is 11.9. The zero-order chi connectivity index (χ0) is 10.7. The van der Waals surface area contributed by atoms with E-state index in [2.05, 4.69) is 4.98 Å². The van der Waals surface area contributed by atoms with E-state index in [0.29, 0.717) is 6.54 Å². The minimum atomic E-state index is 0.125. The molecule has 1 saturated heterocycles. The first-order valence-corrected chi connectivity index (χ1v) is 6.09. The second-order valence-corrected chi connectivity index (χ2v) is 4.53. The van der Waals surface area contributed by atoms with E-state index in [9.17, 15) is 4.79 Å². The third kappa shape index (κ3) is 2.47. The van der Waals surface area contributed by atoms with E-state index in [1.807, 2.05) is 17.3 Å². The van der Waals surface area contributed by atoms with Crippen LogP contribution in [0.5, 0.6) is 0 Å². The fourth-order valence-corrected chi connectivity index (χ4v) is 2.33. The predicted octanol–water partition coefficient (Wildman–Crippen LogP) is 1.79. The SMILES string of the molecule is CN(Cc1cscn1)C(=O)N1CCCC1. The fourth-order valence-electron chi connectivity index (χ4n) is 1.78. The molecule has 1 aliphatic heterocycles. The fraction of sp³-hybridized carbons (Fsp3) is 0.600. The highest BCUT2D eigenvalue weighted by Gasteiger charge is 2.21. The predicted molar refractivity (Wildman–Crippen MR) is 59.8 cm³/mol. The van der Waals surface area contributed by atoms with E-state index in [4.69, 9.17) is 0 Å². The highest BCUT2D eigenvalue weighted by Crippen LogP contribution is 2.11. The number of hydrogen-bond donors (Lipinski definition) is 0. The van der Waals surface area contributed by atoms with Gasteiger partial charge in [0, 0.05) is 25.5 Å². The summed E-state index contributed by atoms with van der Waals surface area (Å²) in [5, 5.41) is 1.98. The van der Waals surface area contributed by atoms with Gasteiger partial charge in [-0.1, -0.05) is 0 Å². The van der Waals surface area contributed by atoms with Crippen molar-refractivity contribution in [3.8, 4) is 0 Å². The van der Waals surface area contributed by atoms with E-state index in [-0.39, 0.29) is 6.03 Å². The quantitative estimate of drug-likeness (QED) is 0.769. The number of rotatable bonds is 2. The van der Waals surface area contributed by atoms with Gasteiger partial charge in [0.2, 0.25) is 0 Å². The van der Waals surface area contributed by atoms with Crippen molar-refractivity contribution in [2.24, 2.45) is 0 Å². The van der Waals surface area contributed by atoms with Gasteiger partial charge in [0.25, 0.3) is 0 Å². The van der Waals surface area contributed by atoms with Crippen molar-refractivity contribution in [3.63, 3.8) is 0 Å². The van der Waals surface area contributed by atoms with Gasteiger partial charge in [-0.15, -0.1) is 11.3 Å². The van der Waals surface area contributed by atoms with Crippen LogP contribution < -0.4 is 0 Å². The van der Waals surface area contributed by atoms with Gasteiger partial charge >= 0.3 is 6.03 Å². The van der Waals surface area contributed by atoms with E-state index in [1.165, 1.54) is 0 Å². The van der Waals surface area contributed by atoms with E-state index >= 15 is 0 Å².